The van der Waals surface area contributed by atoms with Crippen molar-refractivity contribution in [2.45, 2.75) is 19.3 Å². The van der Waals surface area contributed by atoms with Crippen molar-refractivity contribution < 1.29 is 9.66 Å². The van der Waals surface area contributed by atoms with Gasteiger partial charge >= 0.3 is 0 Å². The first kappa shape index (κ1) is 12.4. The summed E-state index contributed by atoms with van der Waals surface area (Å²) in [4.78, 5) is 10.1. The number of nitrogens with two attached hydrogens (primary N) is 1. The molecule has 0 fully saturated rings. The first-order valence-corrected chi connectivity index (χ1v) is 5.31. The van der Waals surface area contributed by atoms with E-state index in [1.165, 1.54) is 12.1 Å². The van der Waals surface area contributed by atoms with Crippen molar-refractivity contribution in [3.05, 3.63) is 34.4 Å². The quantitative estimate of drug-likeness (QED) is 0.437. The number of hydrogen-bond acceptors (Lipinski definition) is 4. The lowest BCUT2D eigenvalue weighted by Crippen LogP contribution is -2.01. The van der Waals surface area contributed by atoms with Crippen LogP contribution in [0, 0.1) is 10.1 Å². The average molecular weight is 224 g/mol. The van der Waals surface area contributed by atoms with Crippen LogP contribution in [0.2, 0.25) is 0 Å². The average Bonchev–Trinajstić information content (AvgIpc) is 2.29. The molecule has 16 heavy (non-hydrogen) atoms. The van der Waals surface area contributed by atoms with Gasteiger partial charge in [0.1, 0.15) is 5.75 Å². The van der Waals surface area contributed by atoms with Gasteiger partial charge in [-0.2, -0.15) is 0 Å². The summed E-state index contributed by atoms with van der Waals surface area (Å²) in [6.45, 7) is 1.26. The lowest BCUT2D eigenvalue weighted by molar-refractivity contribution is -0.384. The summed E-state index contributed by atoms with van der Waals surface area (Å²) in [6, 6.07) is 6.22. The Hall–Kier alpha value is -1.62. The number of nitrogens with zero attached hydrogens (tertiary/aromatic N) is 1. The normalized spacial score (nSPS) is 10.1. The van der Waals surface area contributed by atoms with Gasteiger partial charge in [-0.15, -0.1) is 0 Å². The minimum Gasteiger partial charge on any atom is -0.493 e. The molecule has 0 aliphatic rings. The van der Waals surface area contributed by atoms with Crippen molar-refractivity contribution in [3.63, 3.8) is 0 Å². The minimum atomic E-state index is -0.429. The van der Waals surface area contributed by atoms with Crippen molar-refractivity contribution in [2.75, 3.05) is 13.2 Å². The third-order valence-corrected chi connectivity index (χ3v) is 2.15. The Morgan fingerprint density at radius 1 is 1.31 bits per heavy atom. The Labute approximate surface area is 94.4 Å². The van der Waals surface area contributed by atoms with Gasteiger partial charge in [0.2, 0.25) is 0 Å². The molecule has 0 amide bonds. The Kier molecular flexibility index (Phi) is 5.28. The summed E-state index contributed by atoms with van der Waals surface area (Å²) < 4.78 is 5.40. The van der Waals surface area contributed by atoms with Crippen molar-refractivity contribution in [1.82, 2.24) is 0 Å². The lowest BCUT2D eigenvalue weighted by Gasteiger charge is -2.05. The third kappa shape index (κ3) is 4.27. The maximum Gasteiger partial charge on any atom is 0.273 e. The number of unbranched alkanes of at least 4 members (excludes halogenated alkanes) is 2. The third-order valence-electron chi connectivity index (χ3n) is 2.15. The fraction of sp³-hybridized carbons (Fsp3) is 0.455. The van der Waals surface area contributed by atoms with Gasteiger partial charge in [-0.1, -0.05) is 6.07 Å². The predicted octanol–water partition coefficient (Wildman–Crippen LogP) is 2.10. The number of hydrogen-bond donors (Lipinski definition) is 1. The Morgan fingerprint density at radius 2 is 2.12 bits per heavy atom. The smallest absolute Gasteiger partial charge is 0.273 e. The molecule has 0 radical (unpaired) electrons. The predicted molar refractivity (Wildman–Crippen MR) is 61.5 cm³/mol. The highest BCUT2D eigenvalue weighted by molar-refractivity contribution is 5.37. The van der Waals surface area contributed by atoms with Crippen molar-refractivity contribution in [1.29, 1.82) is 0 Å². The van der Waals surface area contributed by atoms with Crippen LogP contribution in [0.5, 0.6) is 5.75 Å². The molecule has 0 saturated carbocycles. The van der Waals surface area contributed by atoms with E-state index in [4.69, 9.17) is 10.5 Å². The van der Waals surface area contributed by atoms with Gasteiger partial charge in [0, 0.05) is 6.07 Å². The number of ether oxygens (including phenoxy) is 1. The fourth-order valence-corrected chi connectivity index (χ4v) is 1.30. The highest BCUT2D eigenvalue weighted by atomic mass is 16.6. The minimum absolute atomic E-state index is 0.0551. The molecule has 1 aromatic carbocycles. The van der Waals surface area contributed by atoms with Crippen LogP contribution in [-0.4, -0.2) is 18.1 Å². The highest BCUT2D eigenvalue weighted by Crippen LogP contribution is 2.19. The molecule has 0 unspecified atom stereocenters. The summed E-state index contributed by atoms with van der Waals surface area (Å²) in [5.41, 5.74) is 5.41. The molecule has 1 aromatic rings. The number of rotatable bonds is 7. The summed E-state index contributed by atoms with van der Waals surface area (Å²) in [5.74, 6) is 0.543. The van der Waals surface area contributed by atoms with Gasteiger partial charge in [-0.25, -0.2) is 0 Å². The van der Waals surface area contributed by atoms with E-state index in [-0.39, 0.29) is 5.69 Å². The first-order valence-electron chi connectivity index (χ1n) is 5.31. The van der Waals surface area contributed by atoms with Gasteiger partial charge in [-0.3, -0.25) is 10.1 Å². The summed E-state index contributed by atoms with van der Waals surface area (Å²) in [7, 11) is 0. The van der Waals surface area contributed by atoms with Gasteiger partial charge in [0.15, 0.2) is 0 Å². The van der Waals surface area contributed by atoms with Crippen LogP contribution in [0.3, 0.4) is 0 Å². The van der Waals surface area contributed by atoms with E-state index in [2.05, 4.69) is 0 Å². The zero-order valence-corrected chi connectivity index (χ0v) is 9.09. The Bertz CT molecular complexity index is 342. The van der Waals surface area contributed by atoms with Crippen LogP contribution in [-0.2, 0) is 0 Å². The van der Waals surface area contributed by atoms with Gasteiger partial charge in [-0.05, 0) is 31.9 Å². The van der Waals surface area contributed by atoms with Crippen LogP contribution in [0.1, 0.15) is 19.3 Å². The maximum absolute atomic E-state index is 10.5. The summed E-state index contributed by atoms with van der Waals surface area (Å²) in [5, 5.41) is 10.5. The molecule has 0 saturated heterocycles. The number of nitro benzene ring substituents is 1. The van der Waals surface area contributed by atoms with Crippen LogP contribution >= 0.6 is 0 Å². The molecule has 5 nitrogen and oxygen atoms in total. The zero-order valence-electron chi connectivity index (χ0n) is 9.09. The standard InChI is InChI=1S/C11H16N2O3/c12-7-2-1-3-8-16-11-6-4-5-10(9-11)13(14)15/h4-6,9H,1-3,7-8,12H2. The molecule has 1 rings (SSSR count). The first-order chi connectivity index (χ1) is 7.74. The second kappa shape index (κ2) is 6.79. The molecule has 0 spiro atoms. The molecule has 5 heteroatoms. The molecule has 88 valence electrons. The van der Waals surface area contributed by atoms with Gasteiger partial charge < -0.3 is 10.5 Å². The number of benzene rings is 1. The van der Waals surface area contributed by atoms with E-state index < -0.39 is 4.92 Å². The molecule has 2 N–H and O–H groups in total. The van der Waals surface area contributed by atoms with E-state index in [0.29, 0.717) is 18.9 Å². The topological polar surface area (TPSA) is 78.4 Å². The lowest BCUT2D eigenvalue weighted by atomic mass is 10.2. The molecular formula is C11H16N2O3. The molecule has 0 aliphatic carbocycles. The van der Waals surface area contributed by atoms with E-state index in [1.54, 1.807) is 12.1 Å². The second-order valence-corrected chi connectivity index (χ2v) is 3.45. The van der Waals surface area contributed by atoms with E-state index in [9.17, 15) is 10.1 Å². The molecule has 0 atom stereocenters. The molecule has 0 bridgehead atoms. The Balaban J connectivity index is 2.36. The SMILES string of the molecule is NCCCCCOc1cccc([N+](=O)[O-])c1. The summed E-state index contributed by atoms with van der Waals surface area (Å²) in [6.07, 6.45) is 2.92. The van der Waals surface area contributed by atoms with Gasteiger partial charge in [0.25, 0.3) is 5.69 Å². The maximum atomic E-state index is 10.5. The van der Waals surface area contributed by atoms with Gasteiger partial charge in [0.05, 0.1) is 17.6 Å². The highest BCUT2D eigenvalue weighted by Gasteiger charge is 2.05. The van der Waals surface area contributed by atoms with Crippen LogP contribution < -0.4 is 10.5 Å². The van der Waals surface area contributed by atoms with E-state index in [0.717, 1.165) is 19.3 Å². The van der Waals surface area contributed by atoms with Crippen LogP contribution in [0.4, 0.5) is 5.69 Å². The zero-order chi connectivity index (χ0) is 11.8. The second-order valence-electron chi connectivity index (χ2n) is 3.45. The Morgan fingerprint density at radius 3 is 2.81 bits per heavy atom. The fourth-order valence-electron chi connectivity index (χ4n) is 1.30. The van der Waals surface area contributed by atoms with E-state index in [1.807, 2.05) is 0 Å². The van der Waals surface area contributed by atoms with Crippen molar-refractivity contribution in [2.24, 2.45) is 5.73 Å². The van der Waals surface area contributed by atoms with E-state index >= 15 is 0 Å². The molecular weight excluding hydrogens is 208 g/mol. The monoisotopic (exact) mass is 224 g/mol. The molecule has 0 aromatic heterocycles. The molecule has 0 aliphatic heterocycles. The number of non-ortho nitro benzene ring substituents is 1. The van der Waals surface area contributed by atoms with Crippen LogP contribution in [0.25, 0.3) is 0 Å². The largest absolute Gasteiger partial charge is 0.493 e. The van der Waals surface area contributed by atoms with Crippen molar-refractivity contribution in [3.8, 4) is 5.75 Å². The summed E-state index contributed by atoms with van der Waals surface area (Å²) >= 11 is 0. The van der Waals surface area contributed by atoms with Crippen molar-refractivity contribution >= 4 is 5.69 Å². The molecule has 0 heterocycles. The van der Waals surface area contributed by atoms with Crippen LogP contribution in [0.15, 0.2) is 24.3 Å². The number of nitro groups is 1.